The molecule has 0 heterocycles. The number of hydrogen-bond donors (Lipinski definition) is 2. The fourth-order valence-electron chi connectivity index (χ4n) is 1.53. The van der Waals surface area contributed by atoms with E-state index in [0.29, 0.717) is 28.2 Å². The van der Waals surface area contributed by atoms with Crippen molar-refractivity contribution in [2.24, 2.45) is 5.73 Å². The molecule has 0 bridgehead atoms. The second kappa shape index (κ2) is 6.28. The standard InChI is InChI=1S/C12H14N2O2S/c1-2-16-12(15)5-9-10(7-14)8(6-13)3-4-11(9)17/h3-4,17H,2,5-6,13H2,1H3. The molecule has 5 heteroatoms. The quantitative estimate of drug-likeness (QED) is 0.626. The number of esters is 1. The van der Waals surface area contributed by atoms with Crippen molar-refractivity contribution >= 4 is 18.6 Å². The predicted molar refractivity (Wildman–Crippen MR) is 66.6 cm³/mol. The Morgan fingerprint density at radius 2 is 2.29 bits per heavy atom. The van der Waals surface area contributed by atoms with Gasteiger partial charge in [-0.2, -0.15) is 5.26 Å². The third-order valence-corrected chi connectivity index (χ3v) is 2.75. The summed E-state index contributed by atoms with van der Waals surface area (Å²) in [6.07, 6.45) is 0.0450. The Balaban J connectivity index is 3.13. The molecular weight excluding hydrogens is 236 g/mol. The lowest BCUT2D eigenvalue weighted by atomic mass is 9.99. The van der Waals surface area contributed by atoms with E-state index in [1.54, 1.807) is 19.1 Å². The van der Waals surface area contributed by atoms with Crippen molar-refractivity contribution in [1.29, 1.82) is 5.26 Å². The van der Waals surface area contributed by atoms with Crippen molar-refractivity contribution in [2.45, 2.75) is 24.8 Å². The van der Waals surface area contributed by atoms with Crippen LogP contribution in [0.4, 0.5) is 0 Å². The van der Waals surface area contributed by atoms with Gasteiger partial charge in [0, 0.05) is 11.4 Å². The van der Waals surface area contributed by atoms with Crippen molar-refractivity contribution in [3.63, 3.8) is 0 Å². The highest BCUT2D eigenvalue weighted by Gasteiger charge is 2.14. The average molecular weight is 250 g/mol. The second-order valence-electron chi connectivity index (χ2n) is 3.40. The van der Waals surface area contributed by atoms with Gasteiger partial charge in [-0.05, 0) is 24.1 Å². The molecule has 0 spiro atoms. The summed E-state index contributed by atoms with van der Waals surface area (Å²) in [5.41, 5.74) is 7.26. The number of hydrogen-bond acceptors (Lipinski definition) is 5. The van der Waals surface area contributed by atoms with Crippen LogP contribution in [0.3, 0.4) is 0 Å². The summed E-state index contributed by atoms with van der Waals surface area (Å²) >= 11 is 4.25. The Morgan fingerprint density at radius 1 is 1.59 bits per heavy atom. The van der Waals surface area contributed by atoms with Crippen LogP contribution >= 0.6 is 12.6 Å². The third-order valence-electron chi connectivity index (χ3n) is 2.33. The Morgan fingerprint density at radius 3 is 2.82 bits per heavy atom. The summed E-state index contributed by atoms with van der Waals surface area (Å²) in [5.74, 6) is -0.367. The van der Waals surface area contributed by atoms with Crippen LogP contribution in [-0.2, 0) is 22.5 Å². The molecule has 0 amide bonds. The zero-order valence-corrected chi connectivity index (χ0v) is 10.5. The van der Waals surface area contributed by atoms with Crippen LogP contribution in [0.25, 0.3) is 0 Å². The van der Waals surface area contributed by atoms with Crippen LogP contribution in [0.5, 0.6) is 0 Å². The highest BCUT2D eigenvalue weighted by atomic mass is 32.1. The molecule has 1 aromatic rings. The molecule has 0 atom stereocenters. The van der Waals surface area contributed by atoms with Crippen molar-refractivity contribution < 1.29 is 9.53 Å². The third kappa shape index (κ3) is 3.22. The van der Waals surface area contributed by atoms with Gasteiger partial charge in [-0.25, -0.2) is 0 Å². The Bertz CT molecular complexity index is 466. The van der Waals surface area contributed by atoms with Crippen molar-refractivity contribution in [3.05, 3.63) is 28.8 Å². The minimum absolute atomic E-state index is 0.0450. The molecule has 17 heavy (non-hydrogen) atoms. The van der Waals surface area contributed by atoms with Crippen LogP contribution in [0.2, 0.25) is 0 Å². The molecule has 0 aliphatic rings. The molecule has 4 nitrogen and oxygen atoms in total. The Labute approximate surface area is 106 Å². The molecule has 0 fully saturated rings. The second-order valence-corrected chi connectivity index (χ2v) is 3.88. The summed E-state index contributed by atoms with van der Waals surface area (Å²) < 4.78 is 4.86. The van der Waals surface area contributed by atoms with Gasteiger partial charge >= 0.3 is 5.97 Å². The van der Waals surface area contributed by atoms with Gasteiger partial charge in [-0.3, -0.25) is 4.79 Å². The van der Waals surface area contributed by atoms with Crippen molar-refractivity contribution in [1.82, 2.24) is 0 Å². The van der Waals surface area contributed by atoms with Gasteiger partial charge in [0.25, 0.3) is 0 Å². The molecule has 0 aliphatic carbocycles. The fourth-order valence-corrected chi connectivity index (χ4v) is 1.80. The van der Waals surface area contributed by atoms with Gasteiger partial charge in [0.1, 0.15) is 0 Å². The number of carbonyl (C=O) groups excluding carboxylic acids is 1. The number of nitrogens with zero attached hydrogens (tertiary/aromatic N) is 1. The maximum Gasteiger partial charge on any atom is 0.310 e. The zero-order chi connectivity index (χ0) is 12.8. The van der Waals surface area contributed by atoms with E-state index in [-0.39, 0.29) is 18.9 Å². The molecule has 1 rings (SSSR count). The molecule has 0 radical (unpaired) electrons. The highest BCUT2D eigenvalue weighted by Crippen LogP contribution is 2.22. The molecule has 2 N–H and O–H groups in total. The minimum atomic E-state index is -0.367. The number of thiol groups is 1. The van der Waals surface area contributed by atoms with Gasteiger partial charge in [-0.15, -0.1) is 12.6 Å². The number of ether oxygens (including phenoxy) is 1. The SMILES string of the molecule is CCOC(=O)Cc1c(S)ccc(CN)c1C#N. The lowest BCUT2D eigenvalue weighted by Gasteiger charge is -2.10. The van der Waals surface area contributed by atoms with E-state index in [0.717, 1.165) is 0 Å². The summed E-state index contributed by atoms with van der Waals surface area (Å²) in [5, 5.41) is 9.11. The highest BCUT2D eigenvalue weighted by molar-refractivity contribution is 7.80. The first-order valence-electron chi connectivity index (χ1n) is 5.23. The van der Waals surface area contributed by atoms with E-state index in [2.05, 4.69) is 18.7 Å². The van der Waals surface area contributed by atoms with Crippen LogP contribution in [0, 0.1) is 11.3 Å². The predicted octanol–water partition coefficient (Wildman–Crippen LogP) is 1.41. The average Bonchev–Trinajstić information content (AvgIpc) is 2.31. The van der Waals surface area contributed by atoms with E-state index >= 15 is 0 Å². The number of benzene rings is 1. The molecule has 0 unspecified atom stereocenters. The number of nitriles is 1. The first-order valence-corrected chi connectivity index (χ1v) is 5.68. The van der Waals surface area contributed by atoms with E-state index in [1.807, 2.05) is 0 Å². The molecule has 0 aromatic heterocycles. The van der Waals surface area contributed by atoms with E-state index < -0.39 is 0 Å². The Hall–Kier alpha value is -1.51. The van der Waals surface area contributed by atoms with Crippen molar-refractivity contribution in [2.75, 3.05) is 6.61 Å². The van der Waals surface area contributed by atoms with Crippen LogP contribution in [-0.4, -0.2) is 12.6 Å². The molecule has 0 saturated carbocycles. The number of nitrogens with two attached hydrogens (primary N) is 1. The fraction of sp³-hybridized carbons (Fsp3) is 0.333. The summed E-state index contributed by atoms with van der Waals surface area (Å²) in [7, 11) is 0. The number of carbonyl (C=O) groups is 1. The molecule has 0 aliphatic heterocycles. The van der Waals surface area contributed by atoms with Crippen LogP contribution in [0.15, 0.2) is 17.0 Å². The minimum Gasteiger partial charge on any atom is -0.466 e. The maximum atomic E-state index is 11.4. The monoisotopic (exact) mass is 250 g/mol. The van der Waals surface area contributed by atoms with E-state index in [9.17, 15) is 4.79 Å². The van der Waals surface area contributed by atoms with E-state index in [1.165, 1.54) is 0 Å². The molecule has 0 saturated heterocycles. The van der Waals surface area contributed by atoms with Gasteiger partial charge in [-0.1, -0.05) is 6.07 Å². The van der Waals surface area contributed by atoms with Crippen LogP contribution < -0.4 is 5.73 Å². The first-order chi connectivity index (χ1) is 8.13. The van der Waals surface area contributed by atoms with Gasteiger partial charge in [0.05, 0.1) is 24.7 Å². The summed E-state index contributed by atoms with van der Waals surface area (Å²) in [6.45, 7) is 2.31. The number of rotatable bonds is 4. The lowest BCUT2D eigenvalue weighted by molar-refractivity contribution is -0.142. The topological polar surface area (TPSA) is 76.1 Å². The lowest BCUT2D eigenvalue weighted by Crippen LogP contribution is -2.11. The molecule has 1 aromatic carbocycles. The smallest absolute Gasteiger partial charge is 0.310 e. The summed E-state index contributed by atoms with van der Waals surface area (Å²) in [6, 6.07) is 5.55. The molecule has 90 valence electrons. The van der Waals surface area contributed by atoms with Gasteiger partial charge < -0.3 is 10.5 Å². The maximum absolute atomic E-state index is 11.4. The van der Waals surface area contributed by atoms with Gasteiger partial charge in [0.2, 0.25) is 0 Å². The van der Waals surface area contributed by atoms with Crippen LogP contribution in [0.1, 0.15) is 23.6 Å². The normalized spacial score (nSPS) is 9.76. The Kier molecular flexibility index (Phi) is 5.01. The zero-order valence-electron chi connectivity index (χ0n) is 9.56. The first kappa shape index (κ1) is 13.6. The largest absolute Gasteiger partial charge is 0.466 e. The van der Waals surface area contributed by atoms with Gasteiger partial charge in [0.15, 0.2) is 0 Å². The summed E-state index contributed by atoms with van der Waals surface area (Å²) in [4.78, 5) is 12.0. The molecular formula is C12H14N2O2S. The van der Waals surface area contributed by atoms with Crippen molar-refractivity contribution in [3.8, 4) is 6.07 Å². The van der Waals surface area contributed by atoms with E-state index in [4.69, 9.17) is 15.7 Å².